The number of unbranched alkanes of at least 4 members (excludes halogenated alkanes) is 6. The lowest BCUT2D eigenvalue weighted by Gasteiger charge is -2.40. The molecule has 2 aliphatic rings. The summed E-state index contributed by atoms with van der Waals surface area (Å²) >= 11 is 0. The molecule has 2 rings (SSSR count). The van der Waals surface area contributed by atoms with Gasteiger partial charge >= 0.3 is 11.9 Å². The van der Waals surface area contributed by atoms with E-state index < -0.39 is 33.3 Å². The summed E-state index contributed by atoms with van der Waals surface area (Å²) in [6.07, 6.45) is 34.6. The smallest absolute Gasteiger partial charge is 0.306 e. The van der Waals surface area contributed by atoms with Crippen molar-refractivity contribution >= 4 is 45.2 Å². The minimum Gasteiger partial charge on any atom is -0.462 e. The number of carbonyl (C=O) groups excluding carboxylic acids is 2. The van der Waals surface area contributed by atoms with Crippen molar-refractivity contribution in [1.29, 1.82) is 0 Å². The standard InChI is InChI=1S/C66H124O8Si4/c1-23-27-31-37-51(49-65(11,12)75(15,16)69)43-45-57-56(59(72-62(68)42-34-30-26-4)48-60(57)74-78(21,22)64(8,9)10)40-36-35-39-55-54(46-44-53(38-32-28-24-2)73-77(19,20)63(5,6)7)52(50-66(13,14)76(17,18)70)47-58(55)71-61(67)41-33-29-25-3/h25-26,35-36,43-46,51-60,69-70H,3-4,23-24,27-34,37-42,47-50H2,1-2,5-22H3/b36-35+,45-43+,46-44+/t51-,52-,53-,54-,55+,56+,57+,58-,59-,60+/m0/s1. The van der Waals surface area contributed by atoms with E-state index in [0.29, 0.717) is 44.4 Å². The Morgan fingerprint density at radius 2 is 1.05 bits per heavy atom. The average molecular weight is 1160 g/mol. The number of carbonyl (C=O) groups is 2. The first-order valence-corrected chi connectivity index (χ1v) is 43.0. The van der Waals surface area contributed by atoms with E-state index in [2.05, 4.69) is 185 Å². The van der Waals surface area contributed by atoms with E-state index in [9.17, 15) is 19.2 Å². The van der Waals surface area contributed by atoms with E-state index in [1.807, 2.05) is 12.2 Å². The molecule has 2 aliphatic carbocycles. The summed E-state index contributed by atoms with van der Waals surface area (Å²) in [7, 11) is -9.44. The van der Waals surface area contributed by atoms with E-state index in [1.54, 1.807) is 0 Å². The second-order valence-corrected chi connectivity index (χ2v) is 48.2. The molecule has 0 unspecified atom stereocenters. The number of esters is 2. The zero-order valence-electron chi connectivity index (χ0n) is 54.3. The van der Waals surface area contributed by atoms with Gasteiger partial charge < -0.3 is 27.9 Å². The average Bonchev–Trinajstić information content (AvgIpc) is 3.77. The van der Waals surface area contributed by atoms with Crippen molar-refractivity contribution in [2.45, 2.75) is 308 Å². The maximum atomic E-state index is 13.8. The minimum absolute atomic E-state index is 0.00729. The van der Waals surface area contributed by atoms with Crippen LogP contribution in [0.4, 0.5) is 0 Å². The Kier molecular flexibility index (Phi) is 29.6. The van der Waals surface area contributed by atoms with Gasteiger partial charge in [-0.2, -0.15) is 0 Å². The number of hydrogen-bond donors (Lipinski definition) is 2. The Balaban J connectivity index is 2.89. The molecule has 0 radical (unpaired) electrons. The van der Waals surface area contributed by atoms with Crippen LogP contribution in [0.5, 0.6) is 0 Å². The second-order valence-electron chi connectivity index (χ2n) is 29.7. The molecular weight excluding hydrogens is 1030 g/mol. The van der Waals surface area contributed by atoms with Gasteiger partial charge in [-0.1, -0.05) is 170 Å². The van der Waals surface area contributed by atoms with Crippen molar-refractivity contribution in [2.24, 2.45) is 35.5 Å². The van der Waals surface area contributed by atoms with Gasteiger partial charge in [0.15, 0.2) is 33.3 Å². The van der Waals surface area contributed by atoms with Gasteiger partial charge in [0.05, 0.1) is 12.2 Å². The van der Waals surface area contributed by atoms with Crippen LogP contribution < -0.4 is 0 Å². The first kappa shape index (κ1) is 72.5. The molecular formula is C66H124O8Si4. The number of rotatable bonds is 36. The Morgan fingerprint density at radius 3 is 1.51 bits per heavy atom. The van der Waals surface area contributed by atoms with Crippen LogP contribution in [-0.4, -0.2) is 79.2 Å². The topological polar surface area (TPSA) is 112 Å². The zero-order valence-corrected chi connectivity index (χ0v) is 58.3. The summed E-state index contributed by atoms with van der Waals surface area (Å²) < 4.78 is 27.8. The van der Waals surface area contributed by atoms with Gasteiger partial charge in [0, 0.05) is 37.0 Å². The van der Waals surface area contributed by atoms with Gasteiger partial charge in [-0.25, -0.2) is 0 Å². The lowest BCUT2D eigenvalue weighted by Crippen LogP contribution is -2.45. The number of ether oxygens (including phenoxy) is 2. The van der Waals surface area contributed by atoms with Crippen molar-refractivity contribution in [3.63, 3.8) is 0 Å². The maximum absolute atomic E-state index is 13.8. The minimum atomic E-state index is -2.59. The predicted molar refractivity (Wildman–Crippen MR) is 344 cm³/mol. The highest BCUT2D eigenvalue weighted by atomic mass is 28.4. The number of hydrogen-bond acceptors (Lipinski definition) is 8. The highest BCUT2D eigenvalue weighted by molar-refractivity contribution is 6.75. The third kappa shape index (κ3) is 23.2. The van der Waals surface area contributed by atoms with Crippen molar-refractivity contribution < 1.29 is 37.5 Å². The molecule has 0 aromatic carbocycles. The highest BCUT2D eigenvalue weighted by Gasteiger charge is 2.51. The van der Waals surface area contributed by atoms with Gasteiger partial charge in [0.1, 0.15) is 12.2 Å². The van der Waals surface area contributed by atoms with Crippen molar-refractivity contribution in [3.8, 4) is 0 Å². The van der Waals surface area contributed by atoms with Crippen LogP contribution in [0.15, 0.2) is 61.8 Å². The Morgan fingerprint density at radius 1 is 0.590 bits per heavy atom. The Bertz CT molecular complexity index is 1760. The van der Waals surface area contributed by atoms with Crippen LogP contribution >= 0.6 is 0 Å². The molecule has 0 spiro atoms. The molecule has 10 atom stereocenters. The second kappa shape index (κ2) is 31.9. The summed E-state index contributed by atoms with van der Waals surface area (Å²) in [5, 5.41) is -0.375. The fraction of sp³-hybridized carbons (Fsp3) is 0.818. The first-order valence-electron chi connectivity index (χ1n) is 31.3. The van der Waals surface area contributed by atoms with E-state index in [0.717, 1.165) is 83.5 Å². The van der Waals surface area contributed by atoms with Crippen LogP contribution in [-0.2, 0) is 27.9 Å². The third-order valence-corrected chi connectivity index (χ3v) is 35.9. The predicted octanol–water partition coefficient (Wildman–Crippen LogP) is 19.2. The molecule has 12 heteroatoms. The maximum Gasteiger partial charge on any atom is 0.306 e. The molecule has 8 nitrogen and oxygen atoms in total. The fourth-order valence-corrected chi connectivity index (χ4v) is 15.2. The molecule has 0 heterocycles. The zero-order chi connectivity index (χ0) is 59.6. The summed E-state index contributed by atoms with van der Waals surface area (Å²) in [4.78, 5) is 50.8. The van der Waals surface area contributed by atoms with Gasteiger partial charge in [0.25, 0.3) is 0 Å². The summed E-state index contributed by atoms with van der Waals surface area (Å²) in [5.74, 6) is 0.309. The van der Waals surface area contributed by atoms with E-state index in [-0.39, 0.29) is 86.1 Å². The summed E-state index contributed by atoms with van der Waals surface area (Å²) in [6, 6.07) is 0. The number of allylic oxidation sites excluding steroid dienone is 6. The molecule has 2 N–H and O–H groups in total. The first-order chi connectivity index (χ1) is 35.9. The van der Waals surface area contributed by atoms with Crippen molar-refractivity contribution in [3.05, 3.63) is 61.8 Å². The molecule has 0 aromatic heterocycles. The molecule has 2 saturated carbocycles. The van der Waals surface area contributed by atoms with Crippen LogP contribution in [0.3, 0.4) is 0 Å². The molecule has 0 bridgehead atoms. The van der Waals surface area contributed by atoms with Gasteiger partial charge in [-0.15, -0.1) is 13.2 Å². The largest absolute Gasteiger partial charge is 0.462 e. The van der Waals surface area contributed by atoms with Crippen LogP contribution in [0, 0.1) is 35.5 Å². The quantitative estimate of drug-likeness (QED) is 0.0276. The van der Waals surface area contributed by atoms with Crippen molar-refractivity contribution in [1.82, 2.24) is 0 Å². The van der Waals surface area contributed by atoms with Crippen LogP contribution in [0.1, 0.15) is 212 Å². The molecule has 0 aliphatic heterocycles. The summed E-state index contributed by atoms with van der Waals surface area (Å²) in [5.41, 5.74) is 0. The van der Waals surface area contributed by atoms with Crippen LogP contribution in [0.25, 0.3) is 0 Å². The lowest BCUT2D eigenvalue weighted by atomic mass is 9.81. The molecule has 0 amide bonds. The SMILES string of the molecule is C=CCCCC(=O)O[C@H]1C[C@@H](O[Si](C)(C)C(C)(C)C)[C@H](/C=C/[C@H](CCCCC)CC(C)(C)[Si](C)(C)O)[C@H]1C/C=C/C[C@@H]1[C@@H](/C=C/[C@H](CCCCC)O[Si](C)(C)C(C)(C)C)[C@H](CC(C)(C)[Si](C)(C)O)C[C@@H]1OC(=O)CCCC=C. The van der Waals surface area contributed by atoms with Gasteiger partial charge in [-0.05, 0) is 161 Å². The fourth-order valence-electron chi connectivity index (χ4n) is 11.0. The van der Waals surface area contributed by atoms with Gasteiger partial charge in [-0.3, -0.25) is 9.59 Å². The molecule has 0 saturated heterocycles. The third-order valence-electron chi connectivity index (χ3n) is 19.8. The van der Waals surface area contributed by atoms with E-state index >= 15 is 0 Å². The molecule has 452 valence electrons. The van der Waals surface area contributed by atoms with Crippen molar-refractivity contribution in [2.75, 3.05) is 0 Å². The molecule has 2 fully saturated rings. The van der Waals surface area contributed by atoms with Crippen LogP contribution in [0.2, 0.25) is 72.5 Å². The normalized spacial score (nSPS) is 24.1. The molecule has 0 aromatic rings. The Labute approximate surface area is 485 Å². The van der Waals surface area contributed by atoms with E-state index in [1.165, 1.54) is 6.42 Å². The van der Waals surface area contributed by atoms with E-state index in [4.69, 9.17) is 18.3 Å². The highest BCUT2D eigenvalue weighted by Crippen LogP contribution is 2.53. The Hall–Kier alpha value is -1.65. The molecule has 78 heavy (non-hydrogen) atoms. The summed E-state index contributed by atoms with van der Waals surface area (Å²) in [6.45, 7) is 52.7. The monoisotopic (exact) mass is 1160 g/mol. The lowest BCUT2D eigenvalue weighted by molar-refractivity contribution is -0.152. The van der Waals surface area contributed by atoms with Gasteiger partial charge in [0.2, 0.25) is 0 Å².